The summed E-state index contributed by atoms with van der Waals surface area (Å²) in [6.45, 7) is 1.91. The van der Waals surface area contributed by atoms with Crippen molar-refractivity contribution in [2.75, 3.05) is 18.8 Å². The molecule has 1 fully saturated rings. The van der Waals surface area contributed by atoms with Crippen molar-refractivity contribution in [3.8, 4) is 17.1 Å². The van der Waals surface area contributed by atoms with E-state index >= 15 is 0 Å². The number of nitrogens with two attached hydrogens (primary N) is 1. The third-order valence-electron chi connectivity index (χ3n) is 4.34. The number of aromatic hydroxyl groups is 1. The van der Waals surface area contributed by atoms with Crippen molar-refractivity contribution in [1.82, 2.24) is 19.9 Å². The van der Waals surface area contributed by atoms with Gasteiger partial charge in [-0.05, 0) is 31.5 Å². The summed E-state index contributed by atoms with van der Waals surface area (Å²) in [7, 11) is 0. The molecule has 0 amide bonds. The first kappa shape index (κ1) is 13.2. The van der Waals surface area contributed by atoms with Crippen LogP contribution in [0.15, 0.2) is 30.5 Å². The molecule has 5 N–H and O–H groups in total. The molecule has 6 nitrogen and oxygen atoms in total. The molecule has 1 saturated heterocycles. The average Bonchev–Trinajstić information content (AvgIpc) is 3.08. The fraction of sp³-hybridized carbons (Fsp3) is 0.312. The fourth-order valence-corrected chi connectivity index (χ4v) is 3.21. The van der Waals surface area contributed by atoms with E-state index in [4.69, 9.17) is 5.73 Å². The molecule has 0 spiro atoms. The highest BCUT2D eigenvalue weighted by Gasteiger charge is 2.23. The van der Waals surface area contributed by atoms with Gasteiger partial charge in [-0.25, -0.2) is 4.98 Å². The average molecular weight is 297 g/mol. The molecule has 3 aromatic rings. The second-order valence-electron chi connectivity index (χ2n) is 5.78. The number of fused-ring (bicyclic) bond motifs is 1. The predicted molar refractivity (Wildman–Crippen MR) is 86.7 cm³/mol. The van der Waals surface area contributed by atoms with E-state index in [1.165, 1.54) is 0 Å². The van der Waals surface area contributed by atoms with Crippen molar-refractivity contribution >= 4 is 16.9 Å². The van der Waals surface area contributed by atoms with Crippen LogP contribution in [0.5, 0.6) is 5.75 Å². The lowest BCUT2D eigenvalue weighted by atomic mass is 10.1. The molecular formula is C16H19N5O. The Morgan fingerprint density at radius 3 is 2.95 bits per heavy atom. The van der Waals surface area contributed by atoms with Crippen LogP contribution >= 0.6 is 0 Å². The quantitative estimate of drug-likeness (QED) is 0.584. The first-order valence-corrected chi connectivity index (χ1v) is 7.59. The molecule has 1 atom stereocenters. The van der Waals surface area contributed by atoms with Crippen molar-refractivity contribution in [3.05, 3.63) is 30.5 Å². The number of nitrogens with zero attached hydrogens (tertiary/aromatic N) is 2. The number of nitrogens with one attached hydrogen (secondary N) is 2. The number of para-hydroxylation sites is 2. The van der Waals surface area contributed by atoms with Gasteiger partial charge in [0.05, 0.1) is 11.0 Å². The second-order valence-corrected chi connectivity index (χ2v) is 5.78. The molecule has 4 rings (SSSR count). The fourth-order valence-electron chi connectivity index (χ4n) is 3.21. The number of H-pyrrole nitrogens is 1. The maximum absolute atomic E-state index is 10.3. The summed E-state index contributed by atoms with van der Waals surface area (Å²) in [4.78, 5) is 7.77. The van der Waals surface area contributed by atoms with Crippen LogP contribution < -0.4 is 11.1 Å². The van der Waals surface area contributed by atoms with E-state index in [0.717, 1.165) is 37.0 Å². The minimum atomic E-state index is 0.169. The van der Waals surface area contributed by atoms with E-state index in [1.807, 2.05) is 28.8 Å². The summed E-state index contributed by atoms with van der Waals surface area (Å²) in [6, 6.07) is 8.06. The summed E-state index contributed by atoms with van der Waals surface area (Å²) in [5.74, 6) is 1.34. The SMILES string of the molecule is Nc1c(-c2nc3ccccc3[nH]2)c(O)cn1C1CCCNC1. The lowest BCUT2D eigenvalue weighted by Crippen LogP contribution is -2.31. The van der Waals surface area contributed by atoms with Crippen LogP contribution in [0.4, 0.5) is 5.82 Å². The van der Waals surface area contributed by atoms with Gasteiger partial charge in [-0.15, -0.1) is 0 Å². The Labute approximate surface area is 128 Å². The molecule has 3 heterocycles. The molecule has 0 aliphatic carbocycles. The summed E-state index contributed by atoms with van der Waals surface area (Å²) in [5, 5.41) is 13.7. The molecule has 1 unspecified atom stereocenters. The highest BCUT2D eigenvalue weighted by Crippen LogP contribution is 2.38. The summed E-state index contributed by atoms with van der Waals surface area (Å²) in [5.41, 5.74) is 8.69. The van der Waals surface area contributed by atoms with Crippen LogP contribution in [0, 0.1) is 0 Å². The van der Waals surface area contributed by atoms with Crippen LogP contribution in [0.2, 0.25) is 0 Å². The van der Waals surface area contributed by atoms with Crippen molar-refractivity contribution < 1.29 is 5.11 Å². The van der Waals surface area contributed by atoms with Crippen LogP contribution in [-0.2, 0) is 0 Å². The molecular weight excluding hydrogens is 278 g/mol. The van der Waals surface area contributed by atoms with Crippen molar-refractivity contribution in [2.24, 2.45) is 0 Å². The van der Waals surface area contributed by atoms with Crippen molar-refractivity contribution in [2.45, 2.75) is 18.9 Å². The van der Waals surface area contributed by atoms with Gasteiger partial charge in [0, 0.05) is 18.8 Å². The summed E-state index contributed by atoms with van der Waals surface area (Å²) >= 11 is 0. The number of nitrogen functional groups attached to an aromatic ring is 1. The smallest absolute Gasteiger partial charge is 0.146 e. The van der Waals surface area contributed by atoms with Crippen LogP contribution in [0.25, 0.3) is 22.4 Å². The Bertz CT molecular complexity index is 780. The Hall–Kier alpha value is -2.47. The van der Waals surface area contributed by atoms with E-state index in [9.17, 15) is 5.11 Å². The van der Waals surface area contributed by atoms with Crippen LogP contribution in [0.1, 0.15) is 18.9 Å². The third kappa shape index (κ3) is 2.03. The molecule has 114 valence electrons. The van der Waals surface area contributed by atoms with Gasteiger partial charge in [0.1, 0.15) is 23.0 Å². The molecule has 6 heteroatoms. The normalized spacial score (nSPS) is 18.8. The lowest BCUT2D eigenvalue weighted by molar-refractivity contribution is 0.372. The van der Waals surface area contributed by atoms with Gasteiger partial charge in [-0.1, -0.05) is 12.1 Å². The number of aromatic amines is 1. The van der Waals surface area contributed by atoms with Crippen LogP contribution in [-0.4, -0.2) is 32.7 Å². The van der Waals surface area contributed by atoms with Gasteiger partial charge >= 0.3 is 0 Å². The Balaban J connectivity index is 1.79. The maximum Gasteiger partial charge on any atom is 0.146 e. The highest BCUT2D eigenvalue weighted by molar-refractivity contribution is 5.84. The summed E-state index contributed by atoms with van der Waals surface area (Å²) < 4.78 is 1.96. The Kier molecular flexibility index (Phi) is 3.04. The minimum Gasteiger partial charge on any atom is -0.505 e. The largest absolute Gasteiger partial charge is 0.505 e. The number of anilines is 1. The zero-order valence-electron chi connectivity index (χ0n) is 12.2. The number of hydrogen-bond acceptors (Lipinski definition) is 4. The van der Waals surface area contributed by atoms with Crippen molar-refractivity contribution in [3.63, 3.8) is 0 Å². The number of hydrogen-bond donors (Lipinski definition) is 4. The van der Waals surface area contributed by atoms with Gasteiger partial charge in [-0.2, -0.15) is 0 Å². The standard InChI is InChI=1S/C16H19N5O/c17-15-14(16-19-11-5-1-2-6-12(11)20-16)13(22)9-21(15)10-4-3-7-18-8-10/h1-2,5-6,9-10,18,22H,3-4,7-8,17H2,(H,19,20). The first-order chi connectivity index (χ1) is 10.7. The highest BCUT2D eigenvalue weighted by atomic mass is 16.3. The van der Waals surface area contributed by atoms with Crippen LogP contribution in [0.3, 0.4) is 0 Å². The van der Waals surface area contributed by atoms with E-state index < -0.39 is 0 Å². The third-order valence-corrected chi connectivity index (χ3v) is 4.34. The predicted octanol–water partition coefficient (Wildman–Crippen LogP) is 2.24. The van der Waals surface area contributed by atoms with E-state index in [2.05, 4.69) is 15.3 Å². The molecule has 2 aromatic heterocycles. The molecule has 0 radical (unpaired) electrons. The Morgan fingerprint density at radius 1 is 1.32 bits per heavy atom. The molecule has 0 saturated carbocycles. The monoisotopic (exact) mass is 297 g/mol. The maximum atomic E-state index is 10.3. The molecule has 1 aliphatic rings. The molecule has 0 bridgehead atoms. The number of rotatable bonds is 2. The minimum absolute atomic E-state index is 0.169. The number of benzene rings is 1. The van der Waals surface area contributed by atoms with Gasteiger partial charge in [0.2, 0.25) is 0 Å². The zero-order chi connectivity index (χ0) is 15.1. The van der Waals surface area contributed by atoms with E-state index in [0.29, 0.717) is 17.2 Å². The van der Waals surface area contributed by atoms with E-state index in [1.54, 1.807) is 6.20 Å². The first-order valence-electron chi connectivity index (χ1n) is 7.59. The molecule has 1 aliphatic heterocycles. The number of imidazole rings is 1. The summed E-state index contributed by atoms with van der Waals surface area (Å²) in [6.07, 6.45) is 3.89. The van der Waals surface area contributed by atoms with Gasteiger partial charge in [0.15, 0.2) is 0 Å². The number of piperidine rings is 1. The van der Waals surface area contributed by atoms with Crippen molar-refractivity contribution in [1.29, 1.82) is 0 Å². The van der Waals surface area contributed by atoms with Gasteiger partial charge < -0.3 is 25.7 Å². The second kappa shape index (κ2) is 5.06. The molecule has 1 aromatic carbocycles. The molecule has 22 heavy (non-hydrogen) atoms. The Morgan fingerprint density at radius 2 is 2.18 bits per heavy atom. The van der Waals surface area contributed by atoms with Gasteiger partial charge in [0.25, 0.3) is 0 Å². The lowest BCUT2D eigenvalue weighted by Gasteiger charge is -2.25. The van der Waals surface area contributed by atoms with Gasteiger partial charge in [-0.3, -0.25) is 0 Å². The zero-order valence-corrected chi connectivity index (χ0v) is 12.2. The van der Waals surface area contributed by atoms with E-state index in [-0.39, 0.29) is 11.8 Å². The number of aromatic nitrogens is 3. The topological polar surface area (TPSA) is 91.9 Å².